The first-order valence-corrected chi connectivity index (χ1v) is 12.3. The second-order valence-electron chi connectivity index (χ2n) is 8.15. The molecule has 5 nitrogen and oxygen atoms in total. The van der Waals surface area contributed by atoms with Crippen molar-refractivity contribution in [2.75, 3.05) is 4.90 Å². The number of hydrogen-bond acceptors (Lipinski definition) is 6. The Labute approximate surface area is 194 Å². The van der Waals surface area contributed by atoms with Crippen molar-refractivity contribution in [3.8, 4) is 0 Å². The third-order valence-electron chi connectivity index (χ3n) is 5.64. The molecule has 0 saturated heterocycles. The summed E-state index contributed by atoms with van der Waals surface area (Å²) in [5.41, 5.74) is 7.26. The summed E-state index contributed by atoms with van der Waals surface area (Å²) in [4.78, 5) is 17.9. The topological polar surface area (TPSA) is 47.9 Å². The molecule has 1 amide bonds. The molecule has 1 atom stereocenters. The monoisotopic (exact) mass is 466 g/mol. The molecular weight excluding hydrogens is 443 g/mol. The van der Waals surface area contributed by atoms with Crippen LogP contribution < -0.4 is 10.3 Å². The molecule has 0 aliphatic carbocycles. The molecule has 0 bridgehead atoms. The molecule has 3 heterocycles. The van der Waals surface area contributed by atoms with Gasteiger partial charge in [-0.15, -0.1) is 11.3 Å². The van der Waals surface area contributed by atoms with Gasteiger partial charge < -0.3 is 0 Å². The Morgan fingerprint density at radius 1 is 1.16 bits per heavy atom. The third-order valence-corrected chi connectivity index (χ3v) is 7.55. The van der Waals surface area contributed by atoms with Gasteiger partial charge in [-0.3, -0.25) is 20.0 Å². The predicted molar refractivity (Wildman–Crippen MR) is 129 cm³/mol. The first-order chi connectivity index (χ1) is 15.5. The van der Waals surface area contributed by atoms with Crippen molar-refractivity contribution in [1.29, 1.82) is 0 Å². The summed E-state index contributed by atoms with van der Waals surface area (Å²) in [6, 6.07) is 17.0. The van der Waals surface area contributed by atoms with E-state index >= 15 is 0 Å². The standard InChI is InChI=1S/C24H23FN4OS2/c1-15(2)18-8-6-16(7-9-18)13-28-22(30)21-20(10-11-31-21)29-23(28)26-27-24(29)32-14-17-4-3-5-19(25)12-17/h3-12,15,23,26H,13-14H2,1-2H3. The van der Waals surface area contributed by atoms with Crippen LogP contribution in [0.4, 0.5) is 10.1 Å². The maximum absolute atomic E-state index is 13.6. The summed E-state index contributed by atoms with van der Waals surface area (Å²) in [5, 5.41) is 7.24. The minimum atomic E-state index is -0.385. The van der Waals surface area contributed by atoms with E-state index < -0.39 is 0 Å². The second-order valence-corrected chi connectivity index (χ2v) is 10.0. The van der Waals surface area contributed by atoms with Crippen molar-refractivity contribution in [2.24, 2.45) is 5.10 Å². The Morgan fingerprint density at radius 3 is 2.72 bits per heavy atom. The summed E-state index contributed by atoms with van der Waals surface area (Å²) in [6.07, 6.45) is -0.385. The first kappa shape index (κ1) is 21.0. The summed E-state index contributed by atoms with van der Waals surface area (Å²) in [5.74, 6) is 0.812. The molecule has 8 heteroatoms. The predicted octanol–water partition coefficient (Wildman–Crippen LogP) is 5.56. The number of nitrogens with zero attached hydrogens (tertiary/aromatic N) is 3. The molecule has 5 rings (SSSR count). The number of amidine groups is 1. The third kappa shape index (κ3) is 3.89. The Bertz CT molecular complexity index is 1170. The summed E-state index contributed by atoms with van der Waals surface area (Å²) >= 11 is 2.97. The Morgan fingerprint density at radius 2 is 1.97 bits per heavy atom. The average molecular weight is 467 g/mol. The van der Waals surface area contributed by atoms with Crippen LogP contribution in [0.2, 0.25) is 0 Å². The molecule has 2 aliphatic heterocycles. The SMILES string of the molecule is CC(C)c1ccc(CN2C(=O)c3sccc3N3C(SCc4cccc(F)c4)=NNC23)cc1. The number of carbonyl (C=O) groups excluding carboxylic acids is 1. The minimum Gasteiger partial charge on any atom is -0.294 e. The summed E-state index contributed by atoms with van der Waals surface area (Å²) in [7, 11) is 0. The van der Waals surface area contributed by atoms with Gasteiger partial charge in [0.15, 0.2) is 5.17 Å². The average Bonchev–Trinajstić information content (AvgIpc) is 3.43. The van der Waals surface area contributed by atoms with Crippen LogP contribution in [0.3, 0.4) is 0 Å². The summed E-state index contributed by atoms with van der Waals surface area (Å²) < 4.78 is 13.6. The summed E-state index contributed by atoms with van der Waals surface area (Å²) in [6.45, 7) is 4.82. The van der Waals surface area contributed by atoms with E-state index in [1.165, 1.54) is 40.8 Å². The zero-order chi connectivity index (χ0) is 22.2. The molecule has 3 aromatic rings. The number of thiophene rings is 1. The molecule has 0 saturated carbocycles. The fourth-order valence-electron chi connectivity index (χ4n) is 3.91. The lowest BCUT2D eigenvalue weighted by Gasteiger charge is -2.39. The van der Waals surface area contributed by atoms with Crippen LogP contribution in [0.25, 0.3) is 0 Å². The van der Waals surface area contributed by atoms with Crippen molar-refractivity contribution in [2.45, 2.75) is 38.4 Å². The normalized spacial score (nSPS) is 17.3. The van der Waals surface area contributed by atoms with Crippen molar-refractivity contribution >= 4 is 39.9 Å². The van der Waals surface area contributed by atoms with Crippen LogP contribution in [0.5, 0.6) is 0 Å². The Kier molecular flexibility index (Phi) is 5.65. The van der Waals surface area contributed by atoms with Crippen molar-refractivity contribution in [3.63, 3.8) is 0 Å². The highest BCUT2D eigenvalue weighted by Gasteiger charge is 2.43. The number of anilines is 1. The highest BCUT2D eigenvalue weighted by atomic mass is 32.2. The fourth-order valence-corrected chi connectivity index (χ4v) is 5.67. The van der Waals surface area contributed by atoms with Crippen LogP contribution >= 0.6 is 23.1 Å². The molecule has 0 fully saturated rings. The molecule has 164 valence electrons. The molecule has 1 unspecified atom stereocenters. The van der Waals surface area contributed by atoms with Gasteiger partial charge in [-0.2, -0.15) is 5.10 Å². The number of amides is 1. The highest BCUT2D eigenvalue weighted by Crippen LogP contribution is 2.39. The fraction of sp³-hybridized carbons (Fsp3) is 0.250. The van der Waals surface area contributed by atoms with Gasteiger partial charge in [-0.25, -0.2) is 4.39 Å². The van der Waals surface area contributed by atoms with Crippen molar-refractivity contribution < 1.29 is 9.18 Å². The number of benzene rings is 2. The van der Waals surface area contributed by atoms with Gasteiger partial charge in [0.1, 0.15) is 10.7 Å². The smallest absolute Gasteiger partial charge is 0.269 e. The Hall–Kier alpha value is -2.84. The second kappa shape index (κ2) is 8.60. The van der Waals surface area contributed by atoms with E-state index in [0.29, 0.717) is 23.1 Å². The number of rotatable bonds is 5. The largest absolute Gasteiger partial charge is 0.294 e. The van der Waals surface area contributed by atoms with Crippen LogP contribution in [0, 0.1) is 5.82 Å². The van der Waals surface area contributed by atoms with Crippen LogP contribution in [-0.2, 0) is 12.3 Å². The number of hydrogen-bond donors (Lipinski definition) is 1. The molecule has 0 radical (unpaired) electrons. The first-order valence-electron chi connectivity index (χ1n) is 10.5. The van der Waals surface area contributed by atoms with Crippen LogP contribution in [-0.4, -0.2) is 22.3 Å². The lowest BCUT2D eigenvalue weighted by molar-refractivity contribution is 0.0629. The van der Waals surface area contributed by atoms with Crippen molar-refractivity contribution in [1.82, 2.24) is 10.3 Å². The van der Waals surface area contributed by atoms with Gasteiger partial charge in [-0.1, -0.05) is 62.0 Å². The molecule has 2 aromatic carbocycles. The molecule has 2 aliphatic rings. The lowest BCUT2D eigenvalue weighted by Crippen LogP contribution is -2.57. The Balaban J connectivity index is 1.38. The van der Waals surface area contributed by atoms with E-state index in [-0.39, 0.29) is 18.0 Å². The van der Waals surface area contributed by atoms with Crippen LogP contribution in [0.15, 0.2) is 65.1 Å². The quantitative estimate of drug-likeness (QED) is 0.535. The van der Waals surface area contributed by atoms with E-state index in [9.17, 15) is 9.18 Å². The maximum Gasteiger partial charge on any atom is 0.269 e. The van der Waals surface area contributed by atoms with Gasteiger partial charge >= 0.3 is 0 Å². The van der Waals surface area contributed by atoms with Gasteiger partial charge in [-0.05, 0) is 46.2 Å². The van der Waals surface area contributed by atoms with Gasteiger partial charge in [0.25, 0.3) is 5.91 Å². The van der Waals surface area contributed by atoms with Gasteiger partial charge in [0.05, 0.1) is 5.69 Å². The van der Waals surface area contributed by atoms with E-state index in [1.807, 2.05) is 22.4 Å². The minimum absolute atomic E-state index is 0.00302. The van der Waals surface area contributed by atoms with E-state index in [0.717, 1.165) is 22.0 Å². The number of carbonyl (C=O) groups is 1. The molecule has 1 N–H and O–H groups in total. The van der Waals surface area contributed by atoms with Gasteiger partial charge in [0.2, 0.25) is 6.29 Å². The number of halogens is 1. The number of fused-ring (bicyclic) bond motifs is 3. The molecule has 32 heavy (non-hydrogen) atoms. The van der Waals surface area contributed by atoms with E-state index in [4.69, 9.17) is 0 Å². The van der Waals surface area contributed by atoms with Gasteiger partial charge in [0, 0.05) is 12.3 Å². The molecular formula is C24H23FN4OS2. The number of hydrazone groups is 1. The number of nitrogens with one attached hydrogen (secondary N) is 1. The maximum atomic E-state index is 13.6. The highest BCUT2D eigenvalue weighted by molar-refractivity contribution is 8.13. The zero-order valence-electron chi connectivity index (χ0n) is 17.8. The van der Waals surface area contributed by atoms with Crippen LogP contribution in [0.1, 0.15) is 46.1 Å². The van der Waals surface area contributed by atoms with E-state index in [1.54, 1.807) is 6.07 Å². The molecule has 1 aromatic heterocycles. The molecule has 0 spiro atoms. The van der Waals surface area contributed by atoms with E-state index in [2.05, 4.69) is 53.5 Å². The van der Waals surface area contributed by atoms with Crippen molar-refractivity contribution in [3.05, 3.63) is 87.4 Å². The zero-order valence-corrected chi connectivity index (χ0v) is 19.4. The number of thioether (sulfide) groups is 1. The lowest BCUT2D eigenvalue weighted by atomic mass is 10.0.